The third kappa shape index (κ3) is 3.64. The first-order valence-electron chi connectivity index (χ1n) is 3.63. The van der Waals surface area contributed by atoms with Gasteiger partial charge in [-0.2, -0.15) is 0 Å². The van der Waals surface area contributed by atoms with Crippen molar-refractivity contribution in [3.8, 4) is 0 Å². The van der Waals surface area contributed by atoms with Crippen LogP contribution in [-0.4, -0.2) is 22.9 Å². The first-order chi connectivity index (χ1) is 4.72. The van der Waals surface area contributed by atoms with Crippen LogP contribution in [0.4, 0.5) is 0 Å². The molecule has 0 aromatic carbocycles. The molecule has 2 atom stereocenters. The van der Waals surface area contributed by atoms with E-state index < -0.39 is 0 Å². The number of aliphatic hydroxyl groups excluding tert-OH is 2. The van der Waals surface area contributed by atoms with Crippen molar-refractivity contribution in [3.05, 3.63) is 12.7 Å². The second kappa shape index (κ2) is 5.45. The number of aliphatic hydroxyl groups is 2. The van der Waals surface area contributed by atoms with Crippen molar-refractivity contribution in [2.24, 2.45) is 5.92 Å². The molecule has 0 amide bonds. The van der Waals surface area contributed by atoms with Gasteiger partial charge >= 0.3 is 0 Å². The van der Waals surface area contributed by atoms with Gasteiger partial charge < -0.3 is 10.2 Å². The van der Waals surface area contributed by atoms with Crippen LogP contribution in [0.1, 0.15) is 19.8 Å². The van der Waals surface area contributed by atoms with Gasteiger partial charge in [-0.25, -0.2) is 0 Å². The van der Waals surface area contributed by atoms with E-state index in [1.807, 2.05) is 6.92 Å². The fraction of sp³-hybridized carbons (Fsp3) is 0.750. The monoisotopic (exact) mass is 144 g/mol. The molecule has 0 heterocycles. The Morgan fingerprint density at radius 1 is 1.60 bits per heavy atom. The molecule has 0 saturated heterocycles. The lowest BCUT2D eigenvalue weighted by Gasteiger charge is -2.13. The highest BCUT2D eigenvalue weighted by Crippen LogP contribution is 2.08. The third-order valence-corrected chi connectivity index (χ3v) is 1.64. The van der Waals surface area contributed by atoms with E-state index in [9.17, 15) is 5.11 Å². The van der Waals surface area contributed by atoms with Gasteiger partial charge in [0.25, 0.3) is 0 Å². The van der Waals surface area contributed by atoms with Crippen LogP contribution in [0.2, 0.25) is 0 Å². The van der Waals surface area contributed by atoms with Crippen molar-refractivity contribution in [1.29, 1.82) is 0 Å². The minimum atomic E-state index is -0.343. The van der Waals surface area contributed by atoms with Crippen LogP contribution in [0.25, 0.3) is 0 Å². The number of hydrogen-bond donors (Lipinski definition) is 2. The second-order valence-electron chi connectivity index (χ2n) is 2.53. The van der Waals surface area contributed by atoms with E-state index in [-0.39, 0.29) is 18.6 Å². The van der Waals surface area contributed by atoms with Gasteiger partial charge in [-0.15, -0.1) is 6.58 Å². The maximum Gasteiger partial charge on any atom is 0.0600 e. The van der Waals surface area contributed by atoms with Gasteiger partial charge in [0, 0.05) is 6.61 Å². The normalized spacial score (nSPS) is 16.3. The van der Waals surface area contributed by atoms with Crippen LogP contribution in [0.15, 0.2) is 12.7 Å². The van der Waals surface area contributed by atoms with Gasteiger partial charge in [0.2, 0.25) is 0 Å². The molecule has 60 valence electrons. The Hall–Kier alpha value is -0.340. The van der Waals surface area contributed by atoms with E-state index in [0.717, 1.165) is 0 Å². The molecule has 0 aromatic heterocycles. The highest BCUT2D eigenvalue weighted by molar-refractivity contribution is 4.80. The summed E-state index contributed by atoms with van der Waals surface area (Å²) in [6.07, 6.45) is 2.70. The average molecular weight is 144 g/mol. The van der Waals surface area contributed by atoms with E-state index >= 15 is 0 Å². The van der Waals surface area contributed by atoms with Gasteiger partial charge in [-0.3, -0.25) is 0 Å². The molecule has 2 nitrogen and oxygen atoms in total. The van der Waals surface area contributed by atoms with Crippen molar-refractivity contribution in [2.75, 3.05) is 6.61 Å². The van der Waals surface area contributed by atoms with Gasteiger partial charge in [0.1, 0.15) is 0 Å². The van der Waals surface area contributed by atoms with E-state index in [0.29, 0.717) is 12.8 Å². The number of rotatable bonds is 5. The van der Waals surface area contributed by atoms with Crippen LogP contribution in [-0.2, 0) is 0 Å². The zero-order chi connectivity index (χ0) is 7.98. The van der Waals surface area contributed by atoms with Crippen LogP contribution in [0, 0.1) is 5.92 Å². The standard InChI is InChI=1S/C8H16O2/c1-3-7(2)8(10)5-4-6-9/h3,7-10H,1,4-6H2,2H3. The molecule has 0 radical (unpaired) electrons. The fourth-order valence-corrected chi connectivity index (χ4v) is 0.720. The summed E-state index contributed by atoms with van der Waals surface area (Å²) in [5, 5.41) is 17.7. The highest BCUT2D eigenvalue weighted by atomic mass is 16.3. The summed E-state index contributed by atoms with van der Waals surface area (Å²) in [6, 6.07) is 0. The largest absolute Gasteiger partial charge is 0.396 e. The molecule has 0 aliphatic heterocycles. The molecule has 0 aliphatic carbocycles. The molecule has 0 spiro atoms. The summed E-state index contributed by atoms with van der Waals surface area (Å²) in [5.41, 5.74) is 0. The van der Waals surface area contributed by atoms with Crippen molar-refractivity contribution < 1.29 is 10.2 Å². The molecule has 2 heteroatoms. The summed E-state index contributed by atoms with van der Waals surface area (Å²) in [6.45, 7) is 5.63. The van der Waals surface area contributed by atoms with Crippen molar-refractivity contribution in [2.45, 2.75) is 25.9 Å². The molecule has 0 fully saturated rings. The summed E-state index contributed by atoms with van der Waals surface area (Å²) >= 11 is 0. The smallest absolute Gasteiger partial charge is 0.0600 e. The lowest BCUT2D eigenvalue weighted by atomic mass is 10.0. The van der Waals surface area contributed by atoms with Gasteiger partial charge in [0.15, 0.2) is 0 Å². The van der Waals surface area contributed by atoms with Gasteiger partial charge in [0.05, 0.1) is 6.10 Å². The van der Waals surface area contributed by atoms with Crippen LogP contribution in [0.5, 0.6) is 0 Å². The lowest BCUT2D eigenvalue weighted by Crippen LogP contribution is -2.15. The number of hydrogen-bond acceptors (Lipinski definition) is 2. The topological polar surface area (TPSA) is 40.5 Å². The molecule has 0 aliphatic rings. The predicted octanol–water partition coefficient (Wildman–Crippen LogP) is 0.942. The molecule has 10 heavy (non-hydrogen) atoms. The highest BCUT2D eigenvalue weighted by Gasteiger charge is 2.08. The lowest BCUT2D eigenvalue weighted by molar-refractivity contribution is 0.117. The van der Waals surface area contributed by atoms with Gasteiger partial charge in [-0.05, 0) is 18.8 Å². The van der Waals surface area contributed by atoms with E-state index in [4.69, 9.17) is 5.11 Å². The molecular weight excluding hydrogens is 128 g/mol. The zero-order valence-electron chi connectivity index (χ0n) is 6.45. The third-order valence-electron chi connectivity index (χ3n) is 1.64. The molecule has 2 N–H and O–H groups in total. The molecule has 2 unspecified atom stereocenters. The summed E-state index contributed by atoms with van der Waals surface area (Å²) in [4.78, 5) is 0. The fourth-order valence-electron chi connectivity index (χ4n) is 0.720. The first kappa shape index (κ1) is 9.66. The minimum Gasteiger partial charge on any atom is -0.396 e. The first-order valence-corrected chi connectivity index (χ1v) is 3.63. The molecular formula is C8H16O2. The minimum absolute atomic E-state index is 0.131. The SMILES string of the molecule is C=CC(C)C(O)CCCO. The maximum atomic E-state index is 9.27. The Bertz CT molecular complexity index is 91.3. The zero-order valence-corrected chi connectivity index (χ0v) is 6.45. The molecule has 0 rings (SSSR count). The summed E-state index contributed by atoms with van der Waals surface area (Å²) in [5.74, 6) is 0.131. The molecule has 0 aromatic rings. The summed E-state index contributed by atoms with van der Waals surface area (Å²) < 4.78 is 0. The second-order valence-corrected chi connectivity index (χ2v) is 2.53. The summed E-state index contributed by atoms with van der Waals surface area (Å²) in [7, 11) is 0. The predicted molar refractivity (Wildman–Crippen MR) is 41.7 cm³/mol. The van der Waals surface area contributed by atoms with Crippen LogP contribution < -0.4 is 0 Å². The van der Waals surface area contributed by atoms with Crippen molar-refractivity contribution >= 4 is 0 Å². The molecule has 0 saturated carbocycles. The Balaban J connectivity index is 3.40. The van der Waals surface area contributed by atoms with E-state index in [2.05, 4.69) is 6.58 Å². The van der Waals surface area contributed by atoms with Crippen LogP contribution in [0.3, 0.4) is 0 Å². The average Bonchev–Trinajstić information content (AvgIpc) is 1.98. The Morgan fingerprint density at radius 3 is 2.60 bits per heavy atom. The quantitative estimate of drug-likeness (QED) is 0.564. The maximum absolute atomic E-state index is 9.27. The van der Waals surface area contributed by atoms with Crippen molar-refractivity contribution in [3.63, 3.8) is 0 Å². The van der Waals surface area contributed by atoms with E-state index in [1.54, 1.807) is 6.08 Å². The Labute approximate surface area is 62.2 Å². The van der Waals surface area contributed by atoms with Crippen LogP contribution >= 0.6 is 0 Å². The van der Waals surface area contributed by atoms with E-state index in [1.165, 1.54) is 0 Å². The van der Waals surface area contributed by atoms with Gasteiger partial charge in [-0.1, -0.05) is 13.0 Å². The Kier molecular flexibility index (Phi) is 5.26. The van der Waals surface area contributed by atoms with Crippen molar-refractivity contribution in [1.82, 2.24) is 0 Å². The molecule has 0 bridgehead atoms. The Morgan fingerprint density at radius 2 is 2.20 bits per heavy atom.